The molecule has 0 amide bonds. The van der Waals surface area contributed by atoms with Crippen LogP contribution in [0.15, 0.2) is 35.3 Å². The summed E-state index contributed by atoms with van der Waals surface area (Å²) in [7, 11) is 0. The Labute approximate surface area is 176 Å². The van der Waals surface area contributed by atoms with Crippen molar-refractivity contribution >= 4 is 22.0 Å². The predicted octanol–water partition coefficient (Wildman–Crippen LogP) is 8.22. The minimum Gasteiger partial charge on any atom is -0.203 e. The number of hydrogen-bond acceptors (Lipinski definition) is 0. The molecule has 0 aliphatic carbocycles. The molecule has 0 radical (unpaired) electrons. The van der Waals surface area contributed by atoms with Crippen molar-refractivity contribution in [1.29, 1.82) is 0 Å². The van der Waals surface area contributed by atoms with E-state index in [9.17, 15) is 8.78 Å². The van der Waals surface area contributed by atoms with Gasteiger partial charge in [0.1, 0.15) is 0 Å². The average Bonchev–Trinajstić information content (AvgIpc) is 2.72. The normalized spacial score (nSPS) is 11.1. The molecule has 0 aliphatic rings. The van der Waals surface area contributed by atoms with E-state index in [2.05, 4.69) is 22.5 Å². The standard InChI is InChI=1S/C24H19BrF4/c1-6-15-7-9-16(10-8-15)17-11(2)12(3)18(22(27)21(17)26)19-13(4)14(5)20(25)24(29)23(19)28/h6-10H,1H2,2-5H3. The number of halogens is 5. The Morgan fingerprint density at radius 3 is 1.59 bits per heavy atom. The van der Waals surface area contributed by atoms with Gasteiger partial charge in [0.2, 0.25) is 0 Å². The quantitative estimate of drug-likeness (QED) is 0.271. The molecular weight excluding hydrogens is 444 g/mol. The van der Waals surface area contributed by atoms with E-state index < -0.39 is 23.3 Å². The summed E-state index contributed by atoms with van der Waals surface area (Å²) in [6, 6.07) is 6.85. The van der Waals surface area contributed by atoms with Crippen molar-refractivity contribution < 1.29 is 17.6 Å². The predicted molar refractivity (Wildman–Crippen MR) is 114 cm³/mol. The molecule has 5 heteroatoms. The van der Waals surface area contributed by atoms with Crippen LogP contribution in [0.25, 0.3) is 28.3 Å². The number of benzene rings is 3. The van der Waals surface area contributed by atoms with Crippen LogP contribution in [0, 0.1) is 51.0 Å². The van der Waals surface area contributed by atoms with Gasteiger partial charge in [-0.25, -0.2) is 17.6 Å². The van der Waals surface area contributed by atoms with Gasteiger partial charge >= 0.3 is 0 Å². The third-order valence-electron chi connectivity index (χ3n) is 5.50. The minimum atomic E-state index is -1.20. The summed E-state index contributed by atoms with van der Waals surface area (Å²) in [4.78, 5) is 0. The second-order valence-electron chi connectivity index (χ2n) is 7.02. The summed E-state index contributed by atoms with van der Waals surface area (Å²) in [6.07, 6.45) is 1.65. The second-order valence-corrected chi connectivity index (χ2v) is 7.81. The summed E-state index contributed by atoms with van der Waals surface area (Å²) < 4.78 is 59.6. The second kappa shape index (κ2) is 7.79. The van der Waals surface area contributed by atoms with E-state index in [0.29, 0.717) is 27.8 Å². The van der Waals surface area contributed by atoms with Gasteiger partial charge in [-0.2, -0.15) is 0 Å². The van der Waals surface area contributed by atoms with E-state index in [1.807, 2.05) is 0 Å². The molecule has 0 heterocycles. The first-order valence-electron chi connectivity index (χ1n) is 8.96. The molecule has 0 saturated carbocycles. The van der Waals surface area contributed by atoms with E-state index in [0.717, 1.165) is 5.56 Å². The maximum Gasteiger partial charge on any atom is 0.173 e. The first-order valence-corrected chi connectivity index (χ1v) is 9.76. The molecule has 3 aromatic rings. The Balaban J connectivity index is 2.37. The number of rotatable bonds is 3. The largest absolute Gasteiger partial charge is 0.203 e. The van der Waals surface area contributed by atoms with Gasteiger partial charge in [0.05, 0.1) is 4.47 Å². The molecule has 0 atom stereocenters. The fourth-order valence-corrected chi connectivity index (χ4v) is 4.01. The third-order valence-corrected chi connectivity index (χ3v) is 6.44. The molecule has 0 N–H and O–H groups in total. The SMILES string of the molecule is C=Cc1ccc(-c2c(C)c(C)c(-c3c(C)c(C)c(Br)c(F)c3F)c(F)c2F)cc1. The van der Waals surface area contributed by atoms with Crippen LogP contribution in [-0.2, 0) is 0 Å². The van der Waals surface area contributed by atoms with Crippen molar-refractivity contribution in [2.24, 2.45) is 0 Å². The Morgan fingerprint density at radius 1 is 0.655 bits per heavy atom. The molecule has 0 aliphatic heterocycles. The Hall–Kier alpha value is -2.40. The lowest BCUT2D eigenvalue weighted by atomic mass is 9.86. The van der Waals surface area contributed by atoms with Crippen LogP contribution in [0.5, 0.6) is 0 Å². The smallest absolute Gasteiger partial charge is 0.173 e. The van der Waals surface area contributed by atoms with Crippen LogP contribution >= 0.6 is 15.9 Å². The minimum absolute atomic E-state index is 0.0227. The highest BCUT2D eigenvalue weighted by atomic mass is 79.9. The average molecular weight is 463 g/mol. The van der Waals surface area contributed by atoms with Gasteiger partial charge in [-0.1, -0.05) is 36.9 Å². The number of hydrogen-bond donors (Lipinski definition) is 0. The van der Waals surface area contributed by atoms with Crippen molar-refractivity contribution in [3.8, 4) is 22.3 Å². The fourth-order valence-electron chi connectivity index (χ4n) is 3.53. The maximum atomic E-state index is 15.3. The summed E-state index contributed by atoms with van der Waals surface area (Å²) in [6.45, 7) is 10.1. The highest BCUT2D eigenvalue weighted by Crippen LogP contribution is 2.42. The van der Waals surface area contributed by atoms with Crippen LogP contribution in [0.2, 0.25) is 0 Å². The third kappa shape index (κ3) is 3.31. The zero-order valence-corrected chi connectivity index (χ0v) is 18.1. The molecule has 150 valence electrons. The molecule has 0 fully saturated rings. The highest BCUT2D eigenvalue weighted by molar-refractivity contribution is 9.10. The Bertz CT molecular complexity index is 1090. The molecule has 0 nitrogen and oxygen atoms in total. The van der Waals surface area contributed by atoms with Crippen molar-refractivity contribution in [2.75, 3.05) is 0 Å². The molecule has 0 saturated heterocycles. The first kappa shape index (κ1) is 21.3. The van der Waals surface area contributed by atoms with E-state index >= 15 is 8.78 Å². The topological polar surface area (TPSA) is 0 Å². The van der Waals surface area contributed by atoms with Crippen molar-refractivity contribution in [3.05, 3.63) is 86.4 Å². The monoisotopic (exact) mass is 462 g/mol. The Kier molecular flexibility index (Phi) is 5.72. The molecule has 0 aromatic heterocycles. The van der Waals surface area contributed by atoms with Gasteiger partial charge in [0.25, 0.3) is 0 Å². The van der Waals surface area contributed by atoms with Gasteiger partial charge in [-0.3, -0.25) is 0 Å². The van der Waals surface area contributed by atoms with Crippen LogP contribution in [0.4, 0.5) is 17.6 Å². The lowest BCUT2D eigenvalue weighted by Gasteiger charge is -2.20. The fraction of sp³-hybridized carbons (Fsp3) is 0.167. The van der Waals surface area contributed by atoms with Crippen molar-refractivity contribution in [3.63, 3.8) is 0 Å². The zero-order valence-electron chi connectivity index (χ0n) is 16.5. The van der Waals surface area contributed by atoms with E-state index in [-0.39, 0.29) is 21.2 Å². The molecule has 0 unspecified atom stereocenters. The van der Waals surface area contributed by atoms with Gasteiger partial charge in [0.15, 0.2) is 23.3 Å². The maximum absolute atomic E-state index is 15.3. The molecular formula is C24H19BrF4. The lowest BCUT2D eigenvalue weighted by Crippen LogP contribution is -2.06. The highest BCUT2D eigenvalue weighted by Gasteiger charge is 2.28. The van der Waals surface area contributed by atoms with Crippen LogP contribution < -0.4 is 0 Å². The summed E-state index contributed by atoms with van der Waals surface area (Å²) in [5.74, 6) is -4.61. The summed E-state index contributed by atoms with van der Waals surface area (Å²) in [5.41, 5.74) is 2.53. The first-order chi connectivity index (χ1) is 13.6. The van der Waals surface area contributed by atoms with E-state index in [4.69, 9.17) is 0 Å². The van der Waals surface area contributed by atoms with Crippen LogP contribution in [0.3, 0.4) is 0 Å². The lowest BCUT2D eigenvalue weighted by molar-refractivity contribution is 0.497. The molecule has 0 bridgehead atoms. The van der Waals surface area contributed by atoms with Gasteiger partial charge in [0, 0.05) is 16.7 Å². The molecule has 0 spiro atoms. The summed E-state index contributed by atoms with van der Waals surface area (Å²) in [5, 5.41) is 0. The van der Waals surface area contributed by atoms with Crippen LogP contribution in [0.1, 0.15) is 27.8 Å². The summed E-state index contributed by atoms with van der Waals surface area (Å²) >= 11 is 3.02. The van der Waals surface area contributed by atoms with Crippen molar-refractivity contribution in [2.45, 2.75) is 27.7 Å². The van der Waals surface area contributed by atoms with Gasteiger partial charge in [-0.15, -0.1) is 0 Å². The molecule has 3 rings (SSSR count). The van der Waals surface area contributed by atoms with E-state index in [1.165, 1.54) is 0 Å². The van der Waals surface area contributed by atoms with E-state index in [1.54, 1.807) is 58.0 Å². The van der Waals surface area contributed by atoms with Crippen molar-refractivity contribution in [1.82, 2.24) is 0 Å². The molecule has 3 aromatic carbocycles. The van der Waals surface area contributed by atoms with Crippen LogP contribution in [-0.4, -0.2) is 0 Å². The zero-order chi connectivity index (χ0) is 21.6. The Morgan fingerprint density at radius 2 is 1.07 bits per heavy atom. The van der Waals surface area contributed by atoms with Gasteiger partial charge in [-0.05, 0) is 77.0 Å². The molecule has 29 heavy (non-hydrogen) atoms. The van der Waals surface area contributed by atoms with Gasteiger partial charge < -0.3 is 0 Å².